The van der Waals surface area contributed by atoms with Gasteiger partial charge in [-0.25, -0.2) is 19.9 Å². The Balaban J connectivity index is 0.000000131. The molecule has 8 heteroatoms. The monoisotopic (exact) mass is 620 g/mol. The Labute approximate surface area is 275 Å². The van der Waals surface area contributed by atoms with E-state index in [1.54, 1.807) is 0 Å². The molecule has 228 valence electrons. The number of para-hydroxylation sites is 8. The van der Waals surface area contributed by atoms with Gasteiger partial charge in [-0.05, 0) is 84.9 Å². The summed E-state index contributed by atoms with van der Waals surface area (Å²) < 4.78 is 8.44. The first-order valence-electron chi connectivity index (χ1n) is 15.7. The van der Waals surface area contributed by atoms with E-state index in [9.17, 15) is 0 Å². The van der Waals surface area contributed by atoms with Crippen molar-refractivity contribution in [3.63, 3.8) is 0 Å². The molecule has 0 saturated heterocycles. The summed E-state index contributed by atoms with van der Waals surface area (Å²) in [6.07, 6.45) is 7.48. The molecule has 0 N–H and O–H groups in total. The highest BCUT2D eigenvalue weighted by Crippen LogP contribution is 2.24. The van der Waals surface area contributed by atoms with Crippen molar-refractivity contribution in [1.29, 1.82) is 0 Å². The average molecular weight is 621 g/mol. The lowest BCUT2D eigenvalue weighted by Gasteiger charge is -2.09. The lowest BCUT2D eigenvalue weighted by atomic mass is 10.2. The first-order chi connectivity index (χ1) is 23.8. The van der Waals surface area contributed by atoms with E-state index in [0.717, 1.165) is 66.9 Å². The molecule has 0 spiro atoms. The van der Waals surface area contributed by atoms with Gasteiger partial charge in [-0.15, -0.1) is 0 Å². The third-order valence-corrected chi connectivity index (χ3v) is 8.59. The van der Waals surface area contributed by atoms with E-state index in [1.807, 2.05) is 98.1 Å². The Kier molecular flexibility index (Phi) is 6.61. The number of benzene rings is 6. The van der Waals surface area contributed by atoms with Crippen LogP contribution in [0.5, 0.6) is 0 Å². The fraction of sp³-hybridized carbons (Fsp3) is 0. The van der Waals surface area contributed by atoms with Gasteiger partial charge in [0.1, 0.15) is 25.3 Å². The Bertz CT molecular complexity index is 2340. The van der Waals surface area contributed by atoms with E-state index in [1.165, 1.54) is 0 Å². The minimum absolute atomic E-state index is 0.996. The van der Waals surface area contributed by atoms with E-state index in [4.69, 9.17) is 0 Å². The summed E-state index contributed by atoms with van der Waals surface area (Å²) in [6, 6.07) is 49.4. The fourth-order valence-electron chi connectivity index (χ4n) is 6.25. The smallest absolute Gasteiger partial charge is 0.100 e. The summed E-state index contributed by atoms with van der Waals surface area (Å²) in [4.78, 5) is 17.9. The highest BCUT2D eigenvalue weighted by molar-refractivity contribution is 5.80. The molecule has 0 saturated carbocycles. The molecule has 0 aliphatic carbocycles. The van der Waals surface area contributed by atoms with Crippen LogP contribution in [0.3, 0.4) is 0 Å². The lowest BCUT2D eigenvalue weighted by Crippen LogP contribution is -1.96. The molecule has 0 atom stereocenters. The molecule has 0 fully saturated rings. The number of hydrogen-bond donors (Lipinski definition) is 0. The largest absolute Gasteiger partial charge is 0.299 e. The third-order valence-electron chi connectivity index (χ3n) is 8.59. The van der Waals surface area contributed by atoms with Crippen molar-refractivity contribution in [1.82, 2.24) is 38.2 Å². The highest BCUT2D eigenvalue weighted by atomic mass is 15.1. The van der Waals surface area contributed by atoms with Crippen LogP contribution in [0.4, 0.5) is 0 Å². The van der Waals surface area contributed by atoms with Crippen molar-refractivity contribution in [2.75, 3.05) is 0 Å². The highest BCUT2D eigenvalue weighted by Gasteiger charge is 2.09. The van der Waals surface area contributed by atoms with Crippen molar-refractivity contribution in [3.05, 3.63) is 171 Å². The summed E-state index contributed by atoms with van der Waals surface area (Å²) >= 11 is 0. The molecule has 10 aromatic rings. The van der Waals surface area contributed by atoms with Crippen LogP contribution in [0.2, 0.25) is 0 Å². The predicted molar refractivity (Wildman–Crippen MR) is 191 cm³/mol. The maximum absolute atomic E-state index is 4.48. The summed E-state index contributed by atoms with van der Waals surface area (Å²) in [6.45, 7) is 0. The van der Waals surface area contributed by atoms with E-state index < -0.39 is 0 Å². The second kappa shape index (κ2) is 11.5. The van der Waals surface area contributed by atoms with Gasteiger partial charge in [0, 0.05) is 22.7 Å². The van der Waals surface area contributed by atoms with Gasteiger partial charge in [0.25, 0.3) is 0 Å². The lowest BCUT2D eigenvalue weighted by molar-refractivity contribution is 1.06. The van der Waals surface area contributed by atoms with Gasteiger partial charge in [0.05, 0.1) is 44.1 Å². The minimum atomic E-state index is 0.996. The molecule has 8 nitrogen and oxygen atoms in total. The van der Waals surface area contributed by atoms with Crippen molar-refractivity contribution in [2.24, 2.45) is 0 Å². The second-order valence-electron chi connectivity index (χ2n) is 11.5. The average Bonchev–Trinajstić information content (AvgIpc) is 3.96. The Morgan fingerprint density at radius 1 is 0.271 bits per heavy atom. The van der Waals surface area contributed by atoms with Gasteiger partial charge >= 0.3 is 0 Å². The van der Waals surface area contributed by atoms with Crippen molar-refractivity contribution in [2.45, 2.75) is 0 Å². The Hall–Kier alpha value is -6.80. The first-order valence-corrected chi connectivity index (χ1v) is 15.7. The zero-order chi connectivity index (χ0) is 31.9. The van der Waals surface area contributed by atoms with Crippen LogP contribution in [-0.2, 0) is 0 Å². The number of nitrogens with zero attached hydrogens (tertiary/aromatic N) is 8. The molecule has 0 aliphatic heterocycles. The molecule has 0 unspecified atom stereocenters. The summed E-state index contributed by atoms with van der Waals surface area (Å²) in [5.74, 6) is 0. The maximum Gasteiger partial charge on any atom is 0.100 e. The van der Waals surface area contributed by atoms with Crippen LogP contribution in [0, 0.1) is 0 Å². The van der Waals surface area contributed by atoms with E-state index in [-0.39, 0.29) is 0 Å². The van der Waals surface area contributed by atoms with Gasteiger partial charge in [-0.3, -0.25) is 18.3 Å². The number of aromatic nitrogens is 8. The van der Waals surface area contributed by atoms with E-state index >= 15 is 0 Å². The molecule has 10 rings (SSSR count). The minimum Gasteiger partial charge on any atom is -0.299 e. The van der Waals surface area contributed by atoms with Gasteiger partial charge < -0.3 is 0 Å². The first kappa shape index (κ1) is 27.5. The van der Waals surface area contributed by atoms with Gasteiger partial charge in [-0.2, -0.15) is 0 Å². The molecular formula is C40H28N8. The van der Waals surface area contributed by atoms with Crippen LogP contribution < -0.4 is 0 Å². The second-order valence-corrected chi connectivity index (χ2v) is 11.5. The zero-order valence-electron chi connectivity index (χ0n) is 25.7. The molecule has 4 heterocycles. The third kappa shape index (κ3) is 4.80. The number of hydrogen-bond acceptors (Lipinski definition) is 4. The normalized spacial score (nSPS) is 11.3. The summed E-state index contributed by atoms with van der Waals surface area (Å²) in [5.41, 5.74) is 12.7. The van der Waals surface area contributed by atoms with E-state index in [0.29, 0.717) is 0 Å². The van der Waals surface area contributed by atoms with Crippen molar-refractivity contribution in [3.8, 4) is 22.7 Å². The quantitative estimate of drug-likeness (QED) is 0.197. The number of imidazole rings is 4. The van der Waals surface area contributed by atoms with Gasteiger partial charge in [-0.1, -0.05) is 60.7 Å². The molecule has 0 radical (unpaired) electrons. The van der Waals surface area contributed by atoms with Crippen LogP contribution in [0.1, 0.15) is 0 Å². The molecule has 6 aromatic carbocycles. The Morgan fingerprint density at radius 2 is 0.521 bits per heavy atom. The van der Waals surface area contributed by atoms with Crippen LogP contribution >= 0.6 is 0 Å². The molecule has 4 aromatic heterocycles. The summed E-state index contributed by atoms with van der Waals surface area (Å²) in [5, 5.41) is 0. The van der Waals surface area contributed by atoms with E-state index in [2.05, 4.69) is 111 Å². The molecule has 0 aliphatic rings. The van der Waals surface area contributed by atoms with Gasteiger partial charge in [0.15, 0.2) is 0 Å². The number of fused-ring (bicyclic) bond motifs is 4. The molecule has 0 amide bonds. The SMILES string of the molecule is c1cc(-n2cnc3ccccc32)cc(-n2cnc3ccccc32)c1.c1cc(-n2cnc3ccccc32)cc(-n2cnc3ccccc32)c1. The number of rotatable bonds is 4. The topological polar surface area (TPSA) is 71.3 Å². The summed E-state index contributed by atoms with van der Waals surface area (Å²) in [7, 11) is 0. The molecular weight excluding hydrogens is 592 g/mol. The fourth-order valence-corrected chi connectivity index (χ4v) is 6.25. The standard InChI is InChI=1S/2C20H14N4/c2*1-3-10-19-17(8-1)21-13-23(19)15-6-5-7-16(12-15)24-14-22-18-9-2-4-11-20(18)24/h2*1-14H. The molecule has 48 heavy (non-hydrogen) atoms. The zero-order valence-corrected chi connectivity index (χ0v) is 25.7. The molecule has 0 bridgehead atoms. The van der Waals surface area contributed by atoms with Crippen molar-refractivity contribution < 1.29 is 0 Å². The van der Waals surface area contributed by atoms with Crippen molar-refractivity contribution >= 4 is 44.1 Å². The van der Waals surface area contributed by atoms with Crippen LogP contribution in [-0.4, -0.2) is 38.2 Å². The Morgan fingerprint density at radius 3 is 0.792 bits per heavy atom. The van der Waals surface area contributed by atoms with Gasteiger partial charge in [0.2, 0.25) is 0 Å². The van der Waals surface area contributed by atoms with Crippen LogP contribution in [0.15, 0.2) is 171 Å². The predicted octanol–water partition coefficient (Wildman–Crippen LogP) is 8.73. The van der Waals surface area contributed by atoms with Crippen LogP contribution in [0.25, 0.3) is 66.9 Å². The maximum atomic E-state index is 4.48.